The molecule has 0 aliphatic carbocycles. The van der Waals surface area contributed by atoms with E-state index in [4.69, 9.17) is 4.55 Å². The molecule has 2 aromatic carbocycles. The Bertz CT molecular complexity index is 995. The Balaban J connectivity index is 0.00000338. The molecular formula is C12H4F9GaO3S. The van der Waals surface area contributed by atoms with Gasteiger partial charge in [-0.1, -0.05) is 0 Å². The summed E-state index contributed by atoms with van der Waals surface area (Å²) in [6.45, 7) is 0. The number of rotatable bonds is 2. The quantitative estimate of drug-likeness (QED) is 0.242. The molecule has 0 saturated heterocycles. The van der Waals surface area contributed by atoms with Gasteiger partial charge in [0.25, 0.3) is 10.1 Å². The van der Waals surface area contributed by atoms with Crippen molar-refractivity contribution in [2.24, 2.45) is 0 Å². The van der Waals surface area contributed by atoms with Gasteiger partial charge in [-0.3, -0.25) is 4.55 Å². The Morgan fingerprint density at radius 3 is 1.12 bits per heavy atom. The molecule has 0 bridgehead atoms. The van der Waals surface area contributed by atoms with Gasteiger partial charge in [0, 0.05) is 0 Å². The van der Waals surface area contributed by atoms with Crippen LogP contribution in [0, 0.1) is 52.4 Å². The maximum atomic E-state index is 13.8. The maximum absolute atomic E-state index is 13.8. The van der Waals surface area contributed by atoms with Crippen LogP contribution in [0.3, 0.4) is 0 Å². The molecule has 2 aromatic rings. The molecule has 26 heavy (non-hydrogen) atoms. The Morgan fingerprint density at radius 2 is 0.769 bits per heavy atom. The van der Waals surface area contributed by atoms with Crippen molar-refractivity contribution in [1.29, 1.82) is 0 Å². The summed E-state index contributed by atoms with van der Waals surface area (Å²) in [7, 11) is -6.04. The van der Waals surface area contributed by atoms with Crippen molar-refractivity contribution in [1.82, 2.24) is 0 Å². The third-order valence-corrected chi connectivity index (χ3v) is 3.84. The van der Waals surface area contributed by atoms with Crippen molar-refractivity contribution in [3.8, 4) is 11.1 Å². The zero-order chi connectivity index (χ0) is 19.4. The van der Waals surface area contributed by atoms with Crippen molar-refractivity contribution in [3.63, 3.8) is 0 Å². The molecule has 0 heterocycles. The van der Waals surface area contributed by atoms with Crippen molar-refractivity contribution >= 4 is 29.9 Å². The number of hydrogen-bond donors (Lipinski definition) is 1. The van der Waals surface area contributed by atoms with Crippen LogP contribution in [0.4, 0.5) is 39.5 Å². The molecule has 0 fully saturated rings. The molecule has 0 spiro atoms. The summed E-state index contributed by atoms with van der Waals surface area (Å²) in [5, 5.41) is 0. The molecule has 0 atom stereocenters. The zero-order valence-electron chi connectivity index (χ0n) is 11.1. The van der Waals surface area contributed by atoms with E-state index in [2.05, 4.69) is 0 Å². The van der Waals surface area contributed by atoms with E-state index >= 15 is 0 Å². The van der Waals surface area contributed by atoms with Crippen LogP contribution in [0.5, 0.6) is 0 Å². The molecule has 1 N–H and O–H groups in total. The molecule has 0 radical (unpaired) electrons. The van der Waals surface area contributed by atoms with Gasteiger partial charge in [0.05, 0.1) is 11.1 Å². The second-order valence-electron chi connectivity index (χ2n) is 4.38. The standard InChI is InChI=1S/C12HF9O3S.Ga.3H/c13-3-1(4(14)7(17)9(19)6(3)16)2-5(15)8(18)10(20)11(21)12(2)25(22,23)24;;;;/h(H,22,23,24);;;;. The minimum absolute atomic E-state index is 0. The predicted molar refractivity (Wildman–Crippen MR) is 71.3 cm³/mol. The fraction of sp³-hybridized carbons (Fsp3) is 0. The van der Waals surface area contributed by atoms with Crippen LogP contribution < -0.4 is 0 Å². The van der Waals surface area contributed by atoms with E-state index in [0.29, 0.717) is 0 Å². The van der Waals surface area contributed by atoms with Gasteiger partial charge in [-0.15, -0.1) is 0 Å². The Kier molecular flexibility index (Phi) is 6.17. The molecular weight excluding hydrogens is 465 g/mol. The molecule has 0 aliphatic heterocycles. The molecule has 14 heteroatoms. The molecule has 2 rings (SSSR count). The Morgan fingerprint density at radius 1 is 0.500 bits per heavy atom. The fourth-order valence-electron chi connectivity index (χ4n) is 1.90. The van der Waals surface area contributed by atoms with Gasteiger partial charge in [-0.05, 0) is 0 Å². The summed E-state index contributed by atoms with van der Waals surface area (Å²) < 4.78 is 151. The second-order valence-corrected chi connectivity index (χ2v) is 5.74. The van der Waals surface area contributed by atoms with Crippen LogP contribution in [0.1, 0.15) is 0 Å². The van der Waals surface area contributed by atoms with Gasteiger partial charge in [0.15, 0.2) is 46.5 Å². The average molecular weight is 469 g/mol. The van der Waals surface area contributed by atoms with Gasteiger partial charge >= 0.3 is 19.8 Å². The first-order valence-corrected chi connectivity index (χ1v) is 7.11. The summed E-state index contributed by atoms with van der Waals surface area (Å²) in [4.78, 5) is -2.55. The van der Waals surface area contributed by atoms with Gasteiger partial charge in [-0.2, -0.15) is 8.42 Å². The van der Waals surface area contributed by atoms with Crippen molar-refractivity contribution in [3.05, 3.63) is 52.4 Å². The van der Waals surface area contributed by atoms with Crippen molar-refractivity contribution in [2.45, 2.75) is 4.90 Å². The third-order valence-electron chi connectivity index (χ3n) is 2.94. The minimum atomic E-state index is -6.04. The fourth-order valence-corrected chi connectivity index (χ4v) is 2.67. The number of benzene rings is 2. The van der Waals surface area contributed by atoms with Crippen molar-refractivity contribution < 1.29 is 52.5 Å². The van der Waals surface area contributed by atoms with Crippen LogP contribution in [0.2, 0.25) is 0 Å². The molecule has 0 saturated carbocycles. The molecule has 0 unspecified atom stereocenters. The average Bonchev–Trinajstić information content (AvgIpc) is 2.52. The van der Waals surface area contributed by atoms with Crippen LogP contribution in [0.15, 0.2) is 4.90 Å². The van der Waals surface area contributed by atoms with Gasteiger partial charge < -0.3 is 0 Å². The SMILES string of the molecule is O=S(=O)(O)c1c(F)c(F)c(F)c(F)c1-c1c(F)c(F)c(F)c(F)c1F.[GaH3]. The predicted octanol–water partition coefficient (Wildman–Crippen LogP) is 2.67. The molecule has 0 aliphatic rings. The zero-order valence-corrected chi connectivity index (χ0v) is 11.9. The van der Waals surface area contributed by atoms with Crippen LogP contribution in [0.25, 0.3) is 11.1 Å². The van der Waals surface area contributed by atoms with Gasteiger partial charge in [0.1, 0.15) is 4.90 Å². The van der Waals surface area contributed by atoms with Crippen LogP contribution in [-0.4, -0.2) is 32.8 Å². The topological polar surface area (TPSA) is 54.4 Å². The monoisotopic (exact) mass is 468 g/mol. The van der Waals surface area contributed by atoms with E-state index in [1.54, 1.807) is 0 Å². The van der Waals surface area contributed by atoms with Crippen molar-refractivity contribution in [2.75, 3.05) is 0 Å². The summed E-state index contributed by atoms with van der Waals surface area (Å²) in [6, 6.07) is 0. The Labute approximate surface area is 151 Å². The van der Waals surface area contributed by atoms with E-state index in [1.807, 2.05) is 0 Å². The summed E-state index contributed by atoms with van der Waals surface area (Å²) in [6.07, 6.45) is 0. The first-order valence-electron chi connectivity index (χ1n) is 5.67. The van der Waals surface area contributed by atoms with E-state index in [9.17, 15) is 47.9 Å². The van der Waals surface area contributed by atoms with Crippen LogP contribution >= 0.6 is 0 Å². The first kappa shape index (κ1) is 22.4. The molecule has 0 aromatic heterocycles. The third kappa shape index (κ3) is 3.21. The first-order chi connectivity index (χ1) is 11.3. The summed E-state index contributed by atoms with van der Waals surface area (Å²) in [5.74, 6) is -25.2. The van der Waals surface area contributed by atoms with Gasteiger partial charge in [-0.25, -0.2) is 39.5 Å². The molecule has 0 amide bonds. The van der Waals surface area contributed by atoms with E-state index in [-0.39, 0.29) is 19.8 Å². The van der Waals surface area contributed by atoms with Gasteiger partial charge in [0.2, 0.25) is 5.82 Å². The number of hydrogen-bond acceptors (Lipinski definition) is 2. The Hall–Kier alpha value is -1.64. The summed E-state index contributed by atoms with van der Waals surface area (Å²) >= 11 is 0. The van der Waals surface area contributed by atoms with Crippen LogP contribution in [-0.2, 0) is 10.1 Å². The molecule has 3 nitrogen and oxygen atoms in total. The normalized spacial score (nSPS) is 11.5. The molecule has 142 valence electrons. The van der Waals surface area contributed by atoms with E-state index in [1.165, 1.54) is 0 Å². The van der Waals surface area contributed by atoms with E-state index < -0.39 is 78.5 Å². The number of halogens is 9. The van der Waals surface area contributed by atoms with E-state index in [0.717, 1.165) is 0 Å². The summed E-state index contributed by atoms with van der Waals surface area (Å²) in [5.41, 5.74) is -4.83. The second kappa shape index (κ2) is 7.17.